The zero-order chi connectivity index (χ0) is 18.3. The Morgan fingerprint density at radius 1 is 1.35 bits per heavy atom. The van der Waals surface area contributed by atoms with Crippen LogP contribution in [0.2, 0.25) is 0 Å². The number of pyridine rings is 1. The average molecular weight is 346 g/mol. The third-order valence-corrected chi connectivity index (χ3v) is 4.03. The minimum absolute atomic E-state index is 0.190. The van der Waals surface area contributed by atoms with Gasteiger partial charge in [0, 0.05) is 0 Å². The first-order valence-corrected chi connectivity index (χ1v) is 7.86. The molecule has 26 heavy (non-hydrogen) atoms. The number of hydrogen-bond donors (Lipinski definition) is 2. The van der Waals surface area contributed by atoms with Crippen molar-refractivity contribution >= 4 is 16.9 Å². The molecule has 0 aliphatic carbocycles. The van der Waals surface area contributed by atoms with Crippen molar-refractivity contribution in [3.8, 4) is 17.7 Å². The van der Waals surface area contributed by atoms with Crippen molar-refractivity contribution in [1.29, 1.82) is 5.26 Å². The van der Waals surface area contributed by atoms with Gasteiger partial charge in [0.25, 0.3) is 0 Å². The number of oxazole rings is 1. The predicted molar refractivity (Wildman–Crippen MR) is 95.3 cm³/mol. The monoisotopic (exact) mass is 346 g/mol. The second-order valence-electron chi connectivity index (χ2n) is 5.91. The average Bonchev–Trinajstić information content (AvgIpc) is 3.20. The molecule has 0 fully saturated rings. The summed E-state index contributed by atoms with van der Waals surface area (Å²) in [5.41, 5.74) is 9.29. The van der Waals surface area contributed by atoms with Crippen LogP contribution in [0.25, 0.3) is 22.6 Å². The van der Waals surface area contributed by atoms with Gasteiger partial charge in [0.1, 0.15) is 23.3 Å². The molecule has 3 heterocycles. The molecule has 0 radical (unpaired) electrons. The molecule has 0 aliphatic heterocycles. The number of nitriles is 1. The maximum absolute atomic E-state index is 12.4. The van der Waals surface area contributed by atoms with E-state index in [2.05, 4.69) is 21.0 Å². The fourth-order valence-corrected chi connectivity index (χ4v) is 2.84. The number of H-pyrrole nitrogens is 1. The number of benzene rings is 1. The van der Waals surface area contributed by atoms with Crippen molar-refractivity contribution in [2.75, 3.05) is 5.73 Å². The van der Waals surface area contributed by atoms with E-state index in [0.29, 0.717) is 34.7 Å². The molecule has 0 aliphatic rings. The number of nitrogens with zero attached hydrogens (tertiary/aromatic N) is 4. The van der Waals surface area contributed by atoms with Gasteiger partial charge >= 0.3 is 5.69 Å². The first kappa shape index (κ1) is 15.7. The molecule has 0 bridgehead atoms. The van der Waals surface area contributed by atoms with Gasteiger partial charge in [-0.15, -0.1) is 0 Å². The van der Waals surface area contributed by atoms with E-state index >= 15 is 0 Å². The highest BCUT2D eigenvalue weighted by Crippen LogP contribution is 2.24. The van der Waals surface area contributed by atoms with Crippen LogP contribution in [-0.2, 0) is 6.54 Å². The van der Waals surface area contributed by atoms with E-state index in [4.69, 9.17) is 15.4 Å². The van der Waals surface area contributed by atoms with E-state index in [-0.39, 0.29) is 11.5 Å². The SMILES string of the molecule is Cc1coc(-c2cc3c([nH]c(=O)n3Cc3cccc(C#N)c3)c(N)n2)n1. The summed E-state index contributed by atoms with van der Waals surface area (Å²) in [5, 5.41) is 9.05. The molecule has 0 saturated carbocycles. The molecule has 1 aromatic carbocycles. The van der Waals surface area contributed by atoms with Crippen LogP contribution in [0.5, 0.6) is 0 Å². The molecule has 3 aromatic heterocycles. The van der Waals surface area contributed by atoms with Gasteiger partial charge < -0.3 is 15.1 Å². The molecule has 0 atom stereocenters. The third kappa shape index (κ3) is 2.61. The number of aromatic amines is 1. The van der Waals surface area contributed by atoms with Crippen LogP contribution in [0.15, 0.2) is 45.8 Å². The van der Waals surface area contributed by atoms with Crippen molar-refractivity contribution in [3.05, 3.63) is 63.9 Å². The summed E-state index contributed by atoms with van der Waals surface area (Å²) in [7, 11) is 0. The van der Waals surface area contributed by atoms with Crippen molar-refractivity contribution in [2.24, 2.45) is 0 Å². The van der Waals surface area contributed by atoms with E-state index in [1.807, 2.05) is 13.0 Å². The lowest BCUT2D eigenvalue weighted by atomic mass is 10.1. The number of nitrogen functional groups attached to an aromatic ring is 1. The number of rotatable bonds is 3. The summed E-state index contributed by atoms with van der Waals surface area (Å²) >= 11 is 0. The molecule has 0 unspecified atom stereocenters. The summed E-state index contributed by atoms with van der Waals surface area (Å²) in [4.78, 5) is 23.7. The van der Waals surface area contributed by atoms with Gasteiger partial charge in [0.2, 0.25) is 5.89 Å². The predicted octanol–water partition coefficient (Wildman–Crippen LogP) is 2.19. The Morgan fingerprint density at radius 2 is 2.19 bits per heavy atom. The van der Waals surface area contributed by atoms with Gasteiger partial charge in [0.05, 0.1) is 29.4 Å². The second-order valence-corrected chi connectivity index (χ2v) is 5.91. The van der Waals surface area contributed by atoms with E-state index < -0.39 is 0 Å². The zero-order valence-corrected chi connectivity index (χ0v) is 13.9. The number of fused-ring (bicyclic) bond motifs is 1. The molecule has 4 aromatic rings. The standard InChI is InChI=1S/C18H14N6O2/c1-10-9-26-17(21-10)13-6-14-15(16(20)22-13)23-18(25)24(14)8-12-4-2-3-11(5-12)7-19/h2-6,9H,8H2,1H3,(H2,20,22)(H,23,25). The molecule has 8 heteroatoms. The summed E-state index contributed by atoms with van der Waals surface area (Å²) in [6.07, 6.45) is 1.52. The van der Waals surface area contributed by atoms with Gasteiger partial charge in [-0.25, -0.2) is 14.8 Å². The highest BCUT2D eigenvalue weighted by Gasteiger charge is 2.15. The lowest BCUT2D eigenvalue weighted by molar-refractivity contribution is 0.571. The van der Waals surface area contributed by atoms with Crippen LogP contribution in [0.1, 0.15) is 16.8 Å². The Bertz CT molecular complexity index is 1220. The van der Waals surface area contributed by atoms with Gasteiger partial charge in [-0.2, -0.15) is 5.26 Å². The van der Waals surface area contributed by atoms with Gasteiger partial charge in [-0.1, -0.05) is 12.1 Å². The van der Waals surface area contributed by atoms with Gasteiger partial charge in [-0.3, -0.25) is 4.57 Å². The topological polar surface area (TPSA) is 127 Å². The summed E-state index contributed by atoms with van der Waals surface area (Å²) in [6, 6.07) is 10.9. The molecule has 0 amide bonds. The quantitative estimate of drug-likeness (QED) is 0.585. The summed E-state index contributed by atoms with van der Waals surface area (Å²) < 4.78 is 6.93. The number of aromatic nitrogens is 4. The van der Waals surface area contributed by atoms with Gasteiger partial charge in [0.15, 0.2) is 0 Å². The minimum atomic E-state index is -0.309. The van der Waals surface area contributed by atoms with E-state index in [0.717, 1.165) is 11.3 Å². The normalized spacial score (nSPS) is 10.9. The van der Waals surface area contributed by atoms with Crippen LogP contribution in [0.3, 0.4) is 0 Å². The van der Waals surface area contributed by atoms with Crippen LogP contribution in [0.4, 0.5) is 5.82 Å². The molecule has 0 spiro atoms. The Labute approximate surface area is 147 Å². The molecular weight excluding hydrogens is 332 g/mol. The largest absolute Gasteiger partial charge is 0.443 e. The van der Waals surface area contributed by atoms with Crippen molar-refractivity contribution < 1.29 is 4.42 Å². The van der Waals surface area contributed by atoms with E-state index in [9.17, 15) is 4.79 Å². The summed E-state index contributed by atoms with van der Waals surface area (Å²) in [5.74, 6) is 0.526. The fourth-order valence-electron chi connectivity index (χ4n) is 2.84. The molecule has 128 valence electrons. The lowest BCUT2D eigenvalue weighted by Gasteiger charge is -2.06. The lowest BCUT2D eigenvalue weighted by Crippen LogP contribution is -2.17. The van der Waals surface area contributed by atoms with E-state index in [1.54, 1.807) is 28.8 Å². The number of aryl methyl sites for hydroxylation is 1. The van der Waals surface area contributed by atoms with Crippen molar-refractivity contribution in [2.45, 2.75) is 13.5 Å². The Kier molecular flexibility index (Phi) is 3.55. The highest BCUT2D eigenvalue weighted by atomic mass is 16.3. The van der Waals surface area contributed by atoms with Crippen molar-refractivity contribution in [3.63, 3.8) is 0 Å². The number of nitrogens with two attached hydrogens (primary N) is 1. The Hall–Kier alpha value is -3.86. The van der Waals surface area contributed by atoms with Crippen LogP contribution >= 0.6 is 0 Å². The minimum Gasteiger partial charge on any atom is -0.443 e. The zero-order valence-electron chi connectivity index (χ0n) is 13.9. The molecule has 0 saturated heterocycles. The first-order chi connectivity index (χ1) is 12.5. The maximum Gasteiger partial charge on any atom is 0.326 e. The Balaban J connectivity index is 1.86. The third-order valence-electron chi connectivity index (χ3n) is 4.03. The van der Waals surface area contributed by atoms with Gasteiger partial charge in [-0.05, 0) is 30.7 Å². The maximum atomic E-state index is 12.4. The Morgan fingerprint density at radius 3 is 2.92 bits per heavy atom. The van der Waals surface area contributed by atoms with E-state index in [1.165, 1.54) is 6.26 Å². The second kappa shape index (κ2) is 5.89. The number of imidazole rings is 1. The van der Waals surface area contributed by atoms with Crippen LogP contribution in [0, 0.1) is 18.3 Å². The van der Waals surface area contributed by atoms with Crippen LogP contribution in [-0.4, -0.2) is 19.5 Å². The van der Waals surface area contributed by atoms with Crippen molar-refractivity contribution in [1.82, 2.24) is 19.5 Å². The first-order valence-electron chi connectivity index (χ1n) is 7.86. The molecule has 3 N–H and O–H groups in total. The number of hydrogen-bond acceptors (Lipinski definition) is 6. The molecule has 4 rings (SSSR count). The fraction of sp³-hybridized carbons (Fsp3) is 0.111. The smallest absolute Gasteiger partial charge is 0.326 e. The number of nitrogens with one attached hydrogen (secondary N) is 1. The molecule has 8 nitrogen and oxygen atoms in total. The number of anilines is 1. The summed E-state index contributed by atoms with van der Waals surface area (Å²) in [6.45, 7) is 2.10. The van der Waals surface area contributed by atoms with Crippen LogP contribution < -0.4 is 11.4 Å². The highest BCUT2D eigenvalue weighted by molar-refractivity contribution is 5.87. The molecular formula is C18H14N6O2.